The highest BCUT2D eigenvalue weighted by molar-refractivity contribution is 5.71. The summed E-state index contributed by atoms with van der Waals surface area (Å²) in [6.07, 6.45) is 1.32. The van der Waals surface area contributed by atoms with Gasteiger partial charge in [-0.2, -0.15) is 0 Å². The molecule has 0 N–H and O–H groups in total. The maximum atomic E-state index is 12.9. The Bertz CT molecular complexity index is 811. The summed E-state index contributed by atoms with van der Waals surface area (Å²) in [5.41, 5.74) is 1.14. The molecule has 7 nitrogen and oxygen atoms in total. The van der Waals surface area contributed by atoms with Crippen LogP contribution < -0.4 is 0 Å². The number of carbonyl (C=O) groups excluding carboxylic acids is 2. The maximum absolute atomic E-state index is 12.9. The normalized spacial score (nSPS) is 25.8. The van der Waals surface area contributed by atoms with Crippen LogP contribution in [-0.4, -0.2) is 76.9 Å². The Balaban J connectivity index is 1.21. The highest BCUT2D eigenvalue weighted by Crippen LogP contribution is 2.50. The van der Waals surface area contributed by atoms with Crippen molar-refractivity contribution in [1.29, 1.82) is 0 Å². The number of carbonyl (C=O) groups is 2. The lowest BCUT2D eigenvalue weighted by atomic mass is 9.61. The van der Waals surface area contributed by atoms with Gasteiger partial charge in [0.15, 0.2) is 0 Å². The molecule has 32 heavy (non-hydrogen) atoms. The Morgan fingerprint density at radius 1 is 1.00 bits per heavy atom. The van der Waals surface area contributed by atoms with Crippen molar-refractivity contribution in [2.75, 3.05) is 26.2 Å². The smallest absolute Gasteiger partial charge is 0.410 e. The predicted molar refractivity (Wildman–Crippen MR) is 122 cm³/mol. The maximum Gasteiger partial charge on any atom is 0.410 e. The molecule has 1 saturated carbocycles. The first kappa shape index (κ1) is 22.9. The van der Waals surface area contributed by atoms with Crippen LogP contribution in [0.3, 0.4) is 0 Å². The fourth-order valence-electron chi connectivity index (χ4n) is 5.47. The van der Waals surface area contributed by atoms with Crippen LogP contribution in [0.2, 0.25) is 0 Å². The van der Waals surface area contributed by atoms with Crippen LogP contribution in [0.1, 0.15) is 53.0 Å². The standard InChI is InChI=1S/C25H37N3O4/c1-18-13-27(22(29)32-24(3,4)5)14-19(2)28(18)23(30)31-21-11-25(12-21)16-26(17-25)15-20-9-7-6-8-10-20/h6-10,18-19,21H,11-17H2,1-5H3/t18-,19+. The number of benzene rings is 1. The lowest BCUT2D eigenvalue weighted by Crippen LogP contribution is -2.65. The van der Waals surface area contributed by atoms with Gasteiger partial charge in [0.05, 0.1) is 12.1 Å². The van der Waals surface area contributed by atoms with Crippen LogP contribution in [0.25, 0.3) is 0 Å². The molecule has 0 unspecified atom stereocenters. The van der Waals surface area contributed by atoms with Gasteiger partial charge in [0.25, 0.3) is 0 Å². The van der Waals surface area contributed by atoms with Gasteiger partial charge in [-0.25, -0.2) is 9.59 Å². The third-order valence-electron chi connectivity index (χ3n) is 6.74. The summed E-state index contributed by atoms with van der Waals surface area (Å²) in [5, 5.41) is 0. The minimum absolute atomic E-state index is 0.00432. The monoisotopic (exact) mass is 443 g/mol. The Kier molecular flexibility index (Phi) is 6.14. The molecular weight excluding hydrogens is 406 g/mol. The Labute approximate surface area is 191 Å². The minimum Gasteiger partial charge on any atom is -0.446 e. The first-order chi connectivity index (χ1) is 15.0. The molecule has 0 aromatic heterocycles. The van der Waals surface area contributed by atoms with E-state index in [1.807, 2.05) is 40.7 Å². The summed E-state index contributed by atoms with van der Waals surface area (Å²) < 4.78 is 11.4. The number of likely N-dealkylation sites (tertiary alicyclic amines) is 1. The van der Waals surface area contributed by atoms with Crippen LogP contribution in [0.15, 0.2) is 30.3 Å². The van der Waals surface area contributed by atoms with Gasteiger partial charge in [0.1, 0.15) is 11.7 Å². The van der Waals surface area contributed by atoms with E-state index in [1.54, 1.807) is 9.80 Å². The predicted octanol–water partition coefficient (Wildman–Crippen LogP) is 4.12. The number of hydrogen-bond acceptors (Lipinski definition) is 5. The first-order valence-corrected chi connectivity index (χ1v) is 11.8. The first-order valence-electron chi connectivity index (χ1n) is 11.8. The second-order valence-corrected chi connectivity index (χ2v) is 11.0. The second kappa shape index (κ2) is 8.58. The van der Waals surface area contributed by atoms with Gasteiger partial charge < -0.3 is 14.4 Å². The molecule has 1 aromatic carbocycles. The quantitative estimate of drug-likeness (QED) is 0.703. The van der Waals surface area contributed by atoms with Crippen LogP contribution in [0.4, 0.5) is 9.59 Å². The van der Waals surface area contributed by atoms with Gasteiger partial charge >= 0.3 is 12.2 Å². The van der Waals surface area contributed by atoms with Crippen molar-refractivity contribution in [2.45, 2.75) is 77.8 Å². The van der Waals surface area contributed by atoms with Gasteiger partial charge in [-0.3, -0.25) is 9.80 Å². The van der Waals surface area contributed by atoms with Crippen molar-refractivity contribution in [2.24, 2.45) is 5.41 Å². The molecule has 176 valence electrons. The lowest BCUT2D eigenvalue weighted by Gasteiger charge is -2.58. The molecule has 7 heteroatoms. The Hall–Kier alpha value is -2.28. The Morgan fingerprint density at radius 2 is 1.59 bits per heavy atom. The topological polar surface area (TPSA) is 62.3 Å². The number of ether oxygens (including phenoxy) is 2. The number of hydrogen-bond donors (Lipinski definition) is 0. The third-order valence-corrected chi connectivity index (χ3v) is 6.74. The van der Waals surface area contributed by atoms with Gasteiger partial charge in [0.2, 0.25) is 0 Å². The number of amides is 2. The van der Waals surface area contributed by atoms with Gasteiger partial charge in [-0.05, 0) is 53.0 Å². The van der Waals surface area contributed by atoms with E-state index in [1.165, 1.54) is 5.56 Å². The molecule has 1 aromatic rings. The molecule has 1 aliphatic carbocycles. The van der Waals surface area contributed by atoms with Crippen molar-refractivity contribution >= 4 is 12.2 Å². The number of piperazine rings is 1. The zero-order valence-electron chi connectivity index (χ0n) is 20.0. The average molecular weight is 444 g/mol. The van der Waals surface area contributed by atoms with E-state index in [0.717, 1.165) is 32.5 Å². The van der Waals surface area contributed by atoms with Crippen LogP contribution in [0, 0.1) is 5.41 Å². The summed E-state index contributed by atoms with van der Waals surface area (Å²) in [4.78, 5) is 31.3. The van der Waals surface area contributed by atoms with Crippen molar-refractivity contribution in [3.8, 4) is 0 Å². The largest absolute Gasteiger partial charge is 0.446 e. The van der Waals surface area contributed by atoms with E-state index in [-0.39, 0.29) is 30.4 Å². The van der Waals surface area contributed by atoms with Gasteiger partial charge in [-0.1, -0.05) is 30.3 Å². The van der Waals surface area contributed by atoms with Crippen molar-refractivity contribution in [3.05, 3.63) is 35.9 Å². The fourth-order valence-corrected chi connectivity index (χ4v) is 5.47. The molecule has 2 amide bonds. The van der Waals surface area contributed by atoms with E-state index >= 15 is 0 Å². The number of rotatable bonds is 3. The van der Waals surface area contributed by atoms with Crippen LogP contribution >= 0.6 is 0 Å². The molecule has 1 spiro atoms. The summed E-state index contributed by atoms with van der Waals surface area (Å²) in [5.74, 6) is 0. The van der Waals surface area contributed by atoms with Crippen LogP contribution in [0.5, 0.6) is 0 Å². The molecule has 3 aliphatic rings. The zero-order valence-corrected chi connectivity index (χ0v) is 20.0. The molecule has 2 heterocycles. The third kappa shape index (κ3) is 5.03. The summed E-state index contributed by atoms with van der Waals surface area (Å²) in [7, 11) is 0. The van der Waals surface area contributed by atoms with E-state index < -0.39 is 5.60 Å². The van der Waals surface area contributed by atoms with E-state index in [0.29, 0.717) is 18.5 Å². The van der Waals surface area contributed by atoms with Gasteiger partial charge in [-0.15, -0.1) is 0 Å². The lowest BCUT2D eigenvalue weighted by molar-refractivity contribution is -0.139. The van der Waals surface area contributed by atoms with E-state index in [2.05, 4.69) is 29.2 Å². The van der Waals surface area contributed by atoms with Gasteiger partial charge in [0, 0.05) is 38.1 Å². The highest BCUT2D eigenvalue weighted by atomic mass is 16.6. The zero-order chi connectivity index (χ0) is 23.1. The fraction of sp³-hybridized carbons (Fsp3) is 0.680. The number of nitrogens with zero attached hydrogens (tertiary/aromatic N) is 3. The minimum atomic E-state index is -0.530. The summed E-state index contributed by atoms with van der Waals surface area (Å²) >= 11 is 0. The molecule has 2 saturated heterocycles. The molecule has 2 atom stereocenters. The van der Waals surface area contributed by atoms with Crippen molar-refractivity contribution in [3.63, 3.8) is 0 Å². The van der Waals surface area contributed by atoms with E-state index in [9.17, 15) is 9.59 Å². The second-order valence-electron chi connectivity index (χ2n) is 11.0. The molecule has 2 aliphatic heterocycles. The summed E-state index contributed by atoms with van der Waals surface area (Å²) in [6.45, 7) is 13.6. The van der Waals surface area contributed by atoms with Crippen molar-refractivity contribution < 1.29 is 19.1 Å². The average Bonchev–Trinajstić information content (AvgIpc) is 2.63. The molecule has 4 rings (SSSR count). The van der Waals surface area contributed by atoms with Crippen LogP contribution in [-0.2, 0) is 16.0 Å². The molecule has 0 radical (unpaired) electrons. The van der Waals surface area contributed by atoms with Crippen molar-refractivity contribution in [1.82, 2.24) is 14.7 Å². The SMILES string of the molecule is C[C@@H]1CN(C(=O)OC(C)(C)C)C[C@H](C)N1C(=O)OC1CC2(C1)CN(Cc1ccccc1)C2. The highest BCUT2D eigenvalue weighted by Gasteiger charge is 2.54. The summed E-state index contributed by atoms with van der Waals surface area (Å²) in [6, 6.07) is 10.3. The molecule has 3 fully saturated rings. The Morgan fingerprint density at radius 3 is 2.16 bits per heavy atom. The van der Waals surface area contributed by atoms with E-state index in [4.69, 9.17) is 9.47 Å². The molecule has 0 bridgehead atoms. The molecular formula is C25H37N3O4.